The average molecular weight is 380 g/mol. The van der Waals surface area contributed by atoms with Gasteiger partial charge in [0.2, 0.25) is 0 Å². The molecule has 28 heavy (non-hydrogen) atoms. The van der Waals surface area contributed by atoms with Gasteiger partial charge in [-0.05, 0) is 30.2 Å². The molecule has 6 nitrogen and oxygen atoms in total. The Morgan fingerprint density at radius 2 is 1.57 bits per heavy atom. The maximum Gasteiger partial charge on any atom is 0.259 e. The summed E-state index contributed by atoms with van der Waals surface area (Å²) >= 11 is 0. The Balaban J connectivity index is 1.38. The average Bonchev–Trinajstić information content (AvgIpc) is 2.71. The third kappa shape index (κ3) is 3.53. The predicted molar refractivity (Wildman–Crippen MR) is 105 cm³/mol. The molecule has 1 N–H and O–H groups in total. The zero-order valence-corrected chi connectivity index (χ0v) is 15.9. The van der Waals surface area contributed by atoms with Gasteiger partial charge in [-0.15, -0.1) is 0 Å². The van der Waals surface area contributed by atoms with E-state index < -0.39 is 5.60 Å². The molecule has 0 aliphatic carbocycles. The standard InChI is InChI=1S/C22H24N2O4/c1-16-3-2-4-19(13-16)17-5-7-18(8-6-17)20(25)23-9-11-24(12-10-23)21(26)22(27)14-28-15-22/h2-8,13,27H,9-12,14-15H2,1H3. The molecule has 2 amide bonds. The molecule has 6 heteroatoms. The maximum atomic E-state index is 12.8. The van der Waals surface area contributed by atoms with E-state index in [1.54, 1.807) is 9.80 Å². The van der Waals surface area contributed by atoms with Crippen molar-refractivity contribution in [2.75, 3.05) is 39.4 Å². The van der Waals surface area contributed by atoms with Gasteiger partial charge in [0.25, 0.3) is 11.8 Å². The summed E-state index contributed by atoms with van der Waals surface area (Å²) in [6.45, 7) is 3.93. The maximum absolute atomic E-state index is 12.8. The quantitative estimate of drug-likeness (QED) is 0.880. The number of ether oxygens (including phenoxy) is 1. The number of carbonyl (C=O) groups is 2. The van der Waals surface area contributed by atoms with Gasteiger partial charge in [0.05, 0.1) is 13.2 Å². The van der Waals surface area contributed by atoms with E-state index in [0.29, 0.717) is 31.7 Å². The Hall–Kier alpha value is -2.70. The highest BCUT2D eigenvalue weighted by Gasteiger charge is 2.46. The van der Waals surface area contributed by atoms with Crippen LogP contribution in [0.5, 0.6) is 0 Å². The molecule has 4 rings (SSSR count). The summed E-state index contributed by atoms with van der Waals surface area (Å²) in [5.74, 6) is -0.332. The third-order valence-corrected chi connectivity index (χ3v) is 5.42. The number of hydrogen-bond acceptors (Lipinski definition) is 4. The summed E-state index contributed by atoms with van der Waals surface area (Å²) in [4.78, 5) is 28.5. The molecular formula is C22H24N2O4. The molecule has 2 fully saturated rings. The van der Waals surface area contributed by atoms with Gasteiger partial charge in [-0.25, -0.2) is 0 Å². The SMILES string of the molecule is Cc1cccc(-c2ccc(C(=O)N3CCN(C(=O)C4(O)COC4)CC3)cc2)c1. The minimum absolute atomic E-state index is 0.0337. The first kappa shape index (κ1) is 18.7. The van der Waals surface area contributed by atoms with E-state index in [9.17, 15) is 14.7 Å². The van der Waals surface area contributed by atoms with Crippen LogP contribution in [0.4, 0.5) is 0 Å². The number of carbonyl (C=O) groups excluding carboxylic acids is 2. The topological polar surface area (TPSA) is 70.1 Å². The first-order valence-electron chi connectivity index (χ1n) is 9.52. The fraction of sp³-hybridized carbons (Fsp3) is 0.364. The fourth-order valence-corrected chi connectivity index (χ4v) is 3.64. The van der Waals surface area contributed by atoms with Crippen molar-refractivity contribution >= 4 is 11.8 Å². The van der Waals surface area contributed by atoms with Gasteiger partial charge in [-0.1, -0.05) is 42.0 Å². The third-order valence-electron chi connectivity index (χ3n) is 5.42. The molecule has 0 spiro atoms. The van der Waals surface area contributed by atoms with Crippen molar-refractivity contribution in [1.82, 2.24) is 9.80 Å². The minimum Gasteiger partial charge on any atom is -0.376 e. The van der Waals surface area contributed by atoms with Crippen LogP contribution in [0.2, 0.25) is 0 Å². The van der Waals surface area contributed by atoms with Crippen LogP contribution in [0.3, 0.4) is 0 Å². The molecule has 0 saturated carbocycles. The lowest BCUT2D eigenvalue weighted by molar-refractivity contribution is -0.201. The lowest BCUT2D eigenvalue weighted by Gasteiger charge is -2.42. The van der Waals surface area contributed by atoms with Crippen LogP contribution in [-0.4, -0.2) is 71.7 Å². The molecule has 2 aromatic carbocycles. The minimum atomic E-state index is -1.38. The Morgan fingerprint density at radius 1 is 0.929 bits per heavy atom. The first-order chi connectivity index (χ1) is 13.5. The lowest BCUT2D eigenvalue weighted by atomic mass is 10.00. The van der Waals surface area contributed by atoms with E-state index in [1.807, 2.05) is 30.3 Å². The van der Waals surface area contributed by atoms with E-state index >= 15 is 0 Å². The van der Waals surface area contributed by atoms with Crippen LogP contribution in [0.15, 0.2) is 48.5 Å². The Labute approximate surface area is 164 Å². The number of nitrogens with zero attached hydrogens (tertiary/aromatic N) is 2. The smallest absolute Gasteiger partial charge is 0.259 e. The van der Waals surface area contributed by atoms with Crippen molar-refractivity contribution in [2.45, 2.75) is 12.5 Å². The van der Waals surface area contributed by atoms with Crippen LogP contribution >= 0.6 is 0 Å². The molecule has 2 aliphatic heterocycles. The summed E-state index contributed by atoms with van der Waals surface area (Å²) in [6, 6.07) is 15.9. The Bertz CT molecular complexity index is 882. The van der Waals surface area contributed by atoms with Gasteiger partial charge in [0, 0.05) is 31.7 Å². The molecule has 0 unspecified atom stereocenters. The monoisotopic (exact) mass is 380 g/mol. The molecule has 0 radical (unpaired) electrons. The first-order valence-corrected chi connectivity index (χ1v) is 9.52. The van der Waals surface area contributed by atoms with E-state index in [1.165, 1.54) is 5.56 Å². The van der Waals surface area contributed by atoms with Crippen molar-refractivity contribution in [3.05, 3.63) is 59.7 Å². The molecule has 2 aromatic rings. The summed E-state index contributed by atoms with van der Waals surface area (Å²) in [6.07, 6.45) is 0. The van der Waals surface area contributed by atoms with E-state index in [2.05, 4.69) is 25.1 Å². The Morgan fingerprint density at radius 3 is 2.14 bits per heavy atom. The van der Waals surface area contributed by atoms with Crippen molar-refractivity contribution in [3.8, 4) is 11.1 Å². The molecule has 0 atom stereocenters. The number of rotatable bonds is 3. The van der Waals surface area contributed by atoms with Gasteiger partial charge in [0.1, 0.15) is 0 Å². The molecular weight excluding hydrogens is 356 g/mol. The van der Waals surface area contributed by atoms with Crippen molar-refractivity contribution in [3.63, 3.8) is 0 Å². The number of piperazine rings is 1. The lowest BCUT2D eigenvalue weighted by Crippen LogP contribution is -2.64. The zero-order valence-electron chi connectivity index (χ0n) is 15.9. The zero-order chi connectivity index (χ0) is 19.7. The van der Waals surface area contributed by atoms with Crippen LogP contribution in [-0.2, 0) is 9.53 Å². The molecule has 2 aliphatic rings. The number of aryl methyl sites for hydroxylation is 1. The Kier molecular flexibility index (Phi) is 4.91. The number of hydrogen-bond donors (Lipinski definition) is 1. The number of amides is 2. The van der Waals surface area contributed by atoms with Gasteiger partial charge < -0.3 is 19.6 Å². The molecule has 0 aromatic heterocycles. The highest BCUT2D eigenvalue weighted by Crippen LogP contribution is 2.23. The summed E-state index contributed by atoms with van der Waals surface area (Å²) < 4.78 is 4.95. The fourth-order valence-electron chi connectivity index (χ4n) is 3.64. The highest BCUT2D eigenvalue weighted by molar-refractivity contribution is 5.95. The largest absolute Gasteiger partial charge is 0.376 e. The van der Waals surface area contributed by atoms with Gasteiger partial charge in [-0.2, -0.15) is 0 Å². The van der Waals surface area contributed by atoms with Crippen molar-refractivity contribution in [2.24, 2.45) is 0 Å². The van der Waals surface area contributed by atoms with Crippen LogP contribution in [0, 0.1) is 6.92 Å². The number of benzene rings is 2. The highest BCUT2D eigenvalue weighted by atomic mass is 16.5. The van der Waals surface area contributed by atoms with Crippen molar-refractivity contribution < 1.29 is 19.4 Å². The summed E-state index contributed by atoms with van der Waals surface area (Å²) in [7, 11) is 0. The predicted octanol–water partition coefficient (Wildman–Crippen LogP) is 1.71. The molecule has 146 valence electrons. The van der Waals surface area contributed by atoms with Gasteiger partial charge in [-0.3, -0.25) is 9.59 Å². The van der Waals surface area contributed by atoms with E-state index in [0.717, 1.165) is 11.1 Å². The second-order valence-corrected chi connectivity index (χ2v) is 7.56. The van der Waals surface area contributed by atoms with Gasteiger partial charge in [0.15, 0.2) is 5.60 Å². The van der Waals surface area contributed by atoms with Crippen LogP contribution in [0.1, 0.15) is 15.9 Å². The normalized spacial score (nSPS) is 18.5. The molecule has 2 heterocycles. The van der Waals surface area contributed by atoms with Crippen LogP contribution in [0.25, 0.3) is 11.1 Å². The van der Waals surface area contributed by atoms with Gasteiger partial charge >= 0.3 is 0 Å². The summed E-state index contributed by atoms with van der Waals surface area (Å²) in [5, 5.41) is 10.1. The van der Waals surface area contributed by atoms with E-state index in [4.69, 9.17) is 4.74 Å². The molecule has 0 bridgehead atoms. The van der Waals surface area contributed by atoms with Crippen molar-refractivity contribution in [1.29, 1.82) is 0 Å². The summed E-state index contributed by atoms with van der Waals surface area (Å²) in [5.41, 5.74) is 2.67. The second-order valence-electron chi connectivity index (χ2n) is 7.56. The van der Waals surface area contributed by atoms with E-state index in [-0.39, 0.29) is 25.0 Å². The second kappa shape index (κ2) is 7.37. The number of aliphatic hydroxyl groups is 1. The van der Waals surface area contributed by atoms with Crippen LogP contribution < -0.4 is 0 Å². The molecule has 2 saturated heterocycles.